The number of carbonyl (C=O) groups excluding carboxylic acids is 2. The molecule has 2 unspecified atom stereocenters. The number of nitrogens with zero attached hydrogens (tertiary/aromatic N) is 4. The number of anilines is 1. The van der Waals surface area contributed by atoms with Gasteiger partial charge in [-0.1, -0.05) is 0 Å². The van der Waals surface area contributed by atoms with Crippen molar-refractivity contribution < 1.29 is 31.9 Å². The maximum Gasteiger partial charge on any atom is 0.416 e. The van der Waals surface area contributed by atoms with Crippen LogP contribution in [0.5, 0.6) is 0 Å². The van der Waals surface area contributed by atoms with Gasteiger partial charge in [0.1, 0.15) is 36.0 Å². The topological polar surface area (TPSA) is 125 Å². The Balaban J connectivity index is 1.37. The van der Waals surface area contributed by atoms with Crippen LogP contribution in [0.4, 0.5) is 23.4 Å². The Bertz CT molecular complexity index is 1400. The number of aliphatic imine (C=N–C) groups is 1. The van der Waals surface area contributed by atoms with E-state index in [-0.39, 0.29) is 54.7 Å². The molecule has 4 N–H and O–H groups in total. The van der Waals surface area contributed by atoms with E-state index in [1.807, 2.05) is 4.90 Å². The zero-order chi connectivity index (χ0) is 29.3. The lowest BCUT2D eigenvalue weighted by Crippen LogP contribution is -2.51. The molecule has 4 aliphatic rings. The first-order chi connectivity index (χ1) is 19.6. The third kappa shape index (κ3) is 5.82. The zero-order valence-electron chi connectivity index (χ0n) is 22.2. The van der Waals surface area contributed by atoms with Gasteiger partial charge in [0, 0.05) is 55.9 Å². The van der Waals surface area contributed by atoms with Gasteiger partial charge in [-0.2, -0.15) is 13.2 Å². The second-order valence-electron chi connectivity index (χ2n) is 10.1. The molecule has 1 aliphatic carbocycles. The van der Waals surface area contributed by atoms with Crippen molar-refractivity contribution in [3.63, 3.8) is 0 Å². The minimum Gasteiger partial charge on any atom is -0.382 e. The molecule has 1 aromatic rings. The van der Waals surface area contributed by atoms with Crippen molar-refractivity contribution in [1.82, 2.24) is 20.1 Å². The first-order valence-corrected chi connectivity index (χ1v) is 13.1. The summed E-state index contributed by atoms with van der Waals surface area (Å²) in [5, 5.41) is 5.73. The number of halogens is 4. The Morgan fingerprint density at radius 3 is 2.83 bits per heavy atom. The molecule has 1 saturated heterocycles. The van der Waals surface area contributed by atoms with Gasteiger partial charge in [-0.15, -0.1) is 0 Å². The highest BCUT2D eigenvalue weighted by Crippen LogP contribution is 2.39. The first-order valence-electron chi connectivity index (χ1n) is 13.1. The second kappa shape index (κ2) is 11.4. The molecule has 1 fully saturated rings. The van der Waals surface area contributed by atoms with Crippen LogP contribution in [-0.2, 0) is 20.5 Å². The van der Waals surface area contributed by atoms with Crippen molar-refractivity contribution in [2.45, 2.75) is 38.0 Å². The molecule has 14 heteroatoms. The van der Waals surface area contributed by atoms with E-state index in [1.165, 1.54) is 7.11 Å². The highest BCUT2D eigenvalue weighted by molar-refractivity contribution is 6.04. The summed E-state index contributed by atoms with van der Waals surface area (Å²) in [5.74, 6) is -1.61. The fourth-order valence-electron chi connectivity index (χ4n) is 5.50. The molecule has 5 rings (SSSR count). The molecule has 0 spiro atoms. The fourth-order valence-corrected chi connectivity index (χ4v) is 5.50. The summed E-state index contributed by atoms with van der Waals surface area (Å²) in [6.45, 7) is 1.10. The number of carbonyl (C=O) groups is 2. The number of fused-ring (bicyclic) bond motifs is 1. The Labute approximate surface area is 233 Å². The Hall–Kier alpha value is -4.20. The summed E-state index contributed by atoms with van der Waals surface area (Å²) in [6, 6.07) is 1.51. The Morgan fingerprint density at radius 1 is 1.29 bits per heavy atom. The predicted molar refractivity (Wildman–Crippen MR) is 141 cm³/mol. The molecule has 218 valence electrons. The van der Waals surface area contributed by atoms with E-state index in [0.717, 1.165) is 37.2 Å². The van der Waals surface area contributed by atoms with Crippen molar-refractivity contribution in [1.29, 1.82) is 0 Å². The molecule has 0 bridgehead atoms. The molecule has 0 saturated carbocycles. The molecule has 4 heterocycles. The van der Waals surface area contributed by atoms with Gasteiger partial charge in [-0.25, -0.2) is 14.4 Å². The van der Waals surface area contributed by atoms with E-state index >= 15 is 4.39 Å². The highest BCUT2D eigenvalue weighted by Gasteiger charge is 2.42. The summed E-state index contributed by atoms with van der Waals surface area (Å²) in [5.41, 5.74) is 6.61. The van der Waals surface area contributed by atoms with Gasteiger partial charge in [-0.3, -0.25) is 9.59 Å². The van der Waals surface area contributed by atoms with Gasteiger partial charge < -0.3 is 30.9 Å². The number of hydrogen-bond acceptors (Lipinski definition) is 8. The number of ether oxygens (including phenoxy) is 1. The Kier molecular flexibility index (Phi) is 7.84. The standard InChI is InChI=1S/C27H29F4N7O3/c1-41-14-21(39)37-9-2-3-16(13-37)25-36-22(23-24(32)34-8-10-38(23)25)18-5-4-15(11-19(18)28)26(40)35-20-12-17(6-7-33-20)27(29,30)31/h6-8,10-12,16,25,36H,2-5,9,13-14H2,1H3,(H2,32,34)(H,33,35,40). The SMILES string of the molecule is COCC(=O)N1CCCC(C2NC(C3=C(F)C=C(C(=O)Nc4cc(C(F)(F)F)ccn4)CC3)=C3C(N)=NC=CN32)C1. The van der Waals surface area contributed by atoms with Crippen LogP contribution < -0.4 is 16.4 Å². The summed E-state index contributed by atoms with van der Waals surface area (Å²) in [7, 11) is 1.47. The van der Waals surface area contributed by atoms with Crippen molar-refractivity contribution in [3.05, 3.63) is 70.7 Å². The van der Waals surface area contributed by atoms with Crippen LogP contribution >= 0.6 is 0 Å². The maximum absolute atomic E-state index is 15.6. The molecular weight excluding hydrogens is 546 g/mol. The van der Waals surface area contributed by atoms with Crippen LogP contribution in [0.3, 0.4) is 0 Å². The van der Waals surface area contributed by atoms with Crippen LogP contribution in [-0.4, -0.2) is 65.4 Å². The van der Waals surface area contributed by atoms with E-state index in [2.05, 4.69) is 20.6 Å². The lowest BCUT2D eigenvalue weighted by atomic mass is 9.93. The van der Waals surface area contributed by atoms with Gasteiger partial charge in [0.15, 0.2) is 0 Å². The lowest BCUT2D eigenvalue weighted by Gasteiger charge is -2.39. The number of nitrogens with one attached hydrogen (secondary N) is 2. The molecule has 0 aromatic carbocycles. The largest absolute Gasteiger partial charge is 0.416 e. The van der Waals surface area contributed by atoms with Crippen LogP contribution in [0.25, 0.3) is 0 Å². The molecular formula is C27H29F4N7O3. The Morgan fingerprint density at radius 2 is 2.10 bits per heavy atom. The van der Waals surface area contributed by atoms with Crippen molar-refractivity contribution in [2.75, 3.05) is 32.1 Å². The number of rotatable bonds is 6. The highest BCUT2D eigenvalue weighted by atomic mass is 19.4. The van der Waals surface area contributed by atoms with Crippen LogP contribution in [0.1, 0.15) is 31.2 Å². The maximum atomic E-state index is 15.6. The van der Waals surface area contributed by atoms with Crippen molar-refractivity contribution in [3.8, 4) is 0 Å². The van der Waals surface area contributed by atoms with Gasteiger partial charge in [0.2, 0.25) is 5.91 Å². The third-order valence-corrected chi connectivity index (χ3v) is 7.45. The lowest BCUT2D eigenvalue weighted by molar-refractivity contribution is -0.138. The van der Waals surface area contributed by atoms with Gasteiger partial charge in [0.05, 0.1) is 11.3 Å². The predicted octanol–water partition coefficient (Wildman–Crippen LogP) is 3.15. The summed E-state index contributed by atoms with van der Waals surface area (Å²) >= 11 is 0. The van der Waals surface area contributed by atoms with Gasteiger partial charge >= 0.3 is 6.18 Å². The number of piperidine rings is 1. The zero-order valence-corrected chi connectivity index (χ0v) is 22.2. The molecule has 41 heavy (non-hydrogen) atoms. The van der Waals surface area contributed by atoms with E-state index in [4.69, 9.17) is 10.5 Å². The number of nitrogens with two attached hydrogens (primary N) is 1. The number of allylic oxidation sites excluding steroid dienone is 3. The van der Waals surface area contributed by atoms with E-state index in [9.17, 15) is 22.8 Å². The number of likely N-dealkylation sites (tertiary alicyclic amines) is 1. The quantitative estimate of drug-likeness (QED) is 0.445. The first kappa shape index (κ1) is 28.3. The molecule has 2 amide bonds. The van der Waals surface area contributed by atoms with E-state index < -0.39 is 23.5 Å². The van der Waals surface area contributed by atoms with Gasteiger partial charge in [-0.05, 0) is 43.9 Å². The molecule has 10 nitrogen and oxygen atoms in total. The monoisotopic (exact) mass is 575 g/mol. The molecule has 1 aromatic heterocycles. The number of aromatic nitrogens is 1. The minimum atomic E-state index is -4.60. The van der Waals surface area contributed by atoms with Crippen molar-refractivity contribution in [2.24, 2.45) is 16.6 Å². The average molecular weight is 576 g/mol. The summed E-state index contributed by atoms with van der Waals surface area (Å²) in [4.78, 5) is 36.8. The third-order valence-electron chi connectivity index (χ3n) is 7.45. The van der Waals surface area contributed by atoms with E-state index in [0.29, 0.717) is 30.1 Å². The van der Waals surface area contributed by atoms with Crippen LogP contribution in [0.15, 0.2) is 70.2 Å². The summed E-state index contributed by atoms with van der Waals surface area (Å²) in [6.07, 6.45) is 2.30. The number of alkyl halides is 3. The van der Waals surface area contributed by atoms with Gasteiger partial charge in [0.25, 0.3) is 5.91 Å². The minimum absolute atomic E-state index is 0.00306. The smallest absolute Gasteiger partial charge is 0.382 e. The van der Waals surface area contributed by atoms with E-state index in [1.54, 1.807) is 17.3 Å². The molecule has 2 atom stereocenters. The van der Waals surface area contributed by atoms with Crippen molar-refractivity contribution >= 4 is 23.5 Å². The molecule has 3 aliphatic heterocycles. The van der Waals surface area contributed by atoms with Crippen LogP contribution in [0, 0.1) is 5.92 Å². The number of pyridine rings is 1. The number of amidine groups is 1. The second-order valence-corrected chi connectivity index (χ2v) is 10.1. The normalized spacial score (nSPS) is 22.8. The summed E-state index contributed by atoms with van der Waals surface area (Å²) < 4.78 is 59.6. The average Bonchev–Trinajstić information content (AvgIpc) is 3.33. The molecule has 0 radical (unpaired) electrons. The number of hydrogen-bond donors (Lipinski definition) is 3. The number of amides is 2. The number of methoxy groups -OCH3 is 1. The fraction of sp³-hybridized carbons (Fsp3) is 0.407. The van der Waals surface area contributed by atoms with Crippen LogP contribution in [0.2, 0.25) is 0 Å².